The van der Waals surface area contributed by atoms with Crippen molar-refractivity contribution in [3.05, 3.63) is 53.6 Å². The predicted octanol–water partition coefficient (Wildman–Crippen LogP) is 3.57. The first kappa shape index (κ1) is 20.8. The lowest BCUT2D eigenvalue weighted by Crippen LogP contribution is -3.06. The molecule has 3 rings (SSSR count). The summed E-state index contributed by atoms with van der Waals surface area (Å²) in [5.41, 5.74) is 3.48. The second kappa shape index (κ2) is 9.54. The zero-order chi connectivity index (χ0) is 20.1. The van der Waals surface area contributed by atoms with Gasteiger partial charge in [-0.2, -0.15) is 0 Å². The van der Waals surface area contributed by atoms with E-state index in [1.807, 2.05) is 23.1 Å². The number of aromatic nitrogens is 1. The Balaban J connectivity index is 1.75. The summed E-state index contributed by atoms with van der Waals surface area (Å²) < 4.78 is 1.15. The molecule has 0 saturated carbocycles. The second-order valence-corrected chi connectivity index (χ2v) is 9.49. The fourth-order valence-electron chi connectivity index (χ4n) is 2.85. The highest BCUT2D eigenvalue weighted by molar-refractivity contribution is 7.99. The van der Waals surface area contributed by atoms with E-state index in [-0.39, 0.29) is 5.91 Å². The first-order valence-electron chi connectivity index (χ1n) is 9.59. The SMILES string of the molecule is Cc1cc2nc(N(CC[NH+](C)C)C(=O)CCSc3ccccc3)sc2cc1C. The molecule has 0 radical (unpaired) electrons. The summed E-state index contributed by atoms with van der Waals surface area (Å²) in [5, 5.41) is 0.816. The first-order chi connectivity index (χ1) is 13.4. The molecule has 0 aliphatic carbocycles. The third-order valence-corrected chi connectivity index (χ3v) is 6.74. The molecule has 1 aromatic heterocycles. The van der Waals surface area contributed by atoms with E-state index in [9.17, 15) is 4.79 Å². The van der Waals surface area contributed by atoms with Gasteiger partial charge in [-0.15, -0.1) is 11.8 Å². The minimum absolute atomic E-state index is 0.150. The molecule has 0 atom stereocenters. The number of nitrogens with zero attached hydrogens (tertiary/aromatic N) is 2. The van der Waals surface area contributed by atoms with Crippen LogP contribution in [0.5, 0.6) is 0 Å². The summed E-state index contributed by atoms with van der Waals surface area (Å²) in [4.78, 5) is 22.2. The van der Waals surface area contributed by atoms with Crippen molar-refractivity contribution >= 4 is 44.4 Å². The van der Waals surface area contributed by atoms with Gasteiger partial charge < -0.3 is 4.90 Å². The average Bonchev–Trinajstić information content (AvgIpc) is 3.05. The number of fused-ring (bicyclic) bond motifs is 1. The van der Waals surface area contributed by atoms with Crippen LogP contribution in [0, 0.1) is 13.8 Å². The van der Waals surface area contributed by atoms with Gasteiger partial charge in [-0.05, 0) is 49.2 Å². The number of benzene rings is 2. The first-order valence-corrected chi connectivity index (χ1v) is 11.4. The zero-order valence-electron chi connectivity index (χ0n) is 17.0. The van der Waals surface area contributed by atoms with Gasteiger partial charge in [0.1, 0.15) is 0 Å². The fraction of sp³-hybridized carbons (Fsp3) is 0.364. The number of hydrogen-bond donors (Lipinski definition) is 1. The smallest absolute Gasteiger partial charge is 0.229 e. The van der Waals surface area contributed by atoms with Crippen molar-refractivity contribution in [1.29, 1.82) is 0 Å². The summed E-state index contributed by atoms with van der Waals surface area (Å²) in [7, 11) is 4.22. The van der Waals surface area contributed by atoms with Crippen LogP contribution in [0.2, 0.25) is 0 Å². The lowest BCUT2D eigenvalue weighted by atomic mass is 10.1. The van der Waals surface area contributed by atoms with Gasteiger partial charge in [0.05, 0.1) is 37.4 Å². The van der Waals surface area contributed by atoms with Gasteiger partial charge >= 0.3 is 0 Å². The zero-order valence-corrected chi connectivity index (χ0v) is 18.6. The van der Waals surface area contributed by atoms with Crippen LogP contribution in [0.15, 0.2) is 47.4 Å². The Labute approximate surface area is 175 Å². The van der Waals surface area contributed by atoms with E-state index in [4.69, 9.17) is 4.98 Å². The number of amides is 1. The highest BCUT2D eigenvalue weighted by Crippen LogP contribution is 2.31. The number of anilines is 1. The Kier molecular flexibility index (Phi) is 7.10. The maximum atomic E-state index is 13.0. The molecule has 4 nitrogen and oxygen atoms in total. The molecule has 1 amide bonds. The maximum absolute atomic E-state index is 13.0. The van der Waals surface area contributed by atoms with Crippen molar-refractivity contribution < 1.29 is 9.69 Å². The number of carbonyl (C=O) groups is 1. The van der Waals surface area contributed by atoms with E-state index in [2.05, 4.69) is 52.2 Å². The molecular weight excluding hydrogens is 386 g/mol. The Morgan fingerprint density at radius 3 is 2.57 bits per heavy atom. The van der Waals surface area contributed by atoms with Crippen molar-refractivity contribution in [1.82, 2.24) is 4.98 Å². The Bertz CT molecular complexity index is 899. The normalized spacial score (nSPS) is 11.3. The summed E-state index contributed by atoms with van der Waals surface area (Å²) >= 11 is 3.34. The standard InChI is InChI=1S/C22H27N3OS2/c1-16-14-19-20(15-17(16)2)28-22(23-19)25(12-11-24(3)4)21(26)10-13-27-18-8-6-5-7-9-18/h5-9,14-15H,10-13H2,1-4H3/p+1. The number of quaternary nitrogens is 1. The topological polar surface area (TPSA) is 37.6 Å². The number of thioether (sulfide) groups is 1. The molecular formula is C22H28N3OS2+. The Morgan fingerprint density at radius 1 is 1.14 bits per heavy atom. The number of nitrogens with one attached hydrogen (secondary N) is 1. The van der Waals surface area contributed by atoms with Crippen LogP contribution in [0.1, 0.15) is 17.5 Å². The third-order valence-electron chi connectivity index (χ3n) is 4.69. The molecule has 0 fully saturated rings. The molecule has 3 aromatic rings. The van der Waals surface area contributed by atoms with E-state index in [0.29, 0.717) is 13.0 Å². The van der Waals surface area contributed by atoms with Crippen molar-refractivity contribution in [2.75, 3.05) is 37.8 Å². The molecule has 1 N–H and O–H groups in total. The van der Waals surface area contributed by atoms with Crippen LogP contribution >= 0.6 is 23.1 Å². The van der Waals surface area contributed by atoms with E-state index in [1.165, 1.54) is 20.9 Å². The number of carbonyl (C=O) groups excluding carboxylic acids is 1. The largest absolute Gasteiger partial charge is 0.338 e. The molecule has 1 heterocycles. The molecule has 148 valence electrons. The Hall–Kier alpha value is -1.89. The van der Waals surface area contributed by atoms with Crippen molar-refractivity contribution in [3.63, 3.8) is 0 Å². The summed E-state index contributed by atoms with van der Waals surface area (Å²) in [6, 6.07) is 14.5. The van der Waals surface area contributed by atoms with E-state index in [1.54, 1.807) is 23.1 Å². The van der Waals surface area contributed by atoms with Crippen LogP contribution in [0.4, 0.5) is 5.13 Å². The molecule has 0 spiro atoms. The van der Waals surface area contributed by atoms with E-state index in [0.717, 1.165) is 27.6 Å². The highest BCUT2D eigenvalue weighted by atomic mass is 32.2. The van der Waals surface area contributed by atoms with Crippen LogP contribution in [-0.4, -0.2) is 43.8 Å². The lowest BCUT2D eigenvalue weighted by Gasteiger charge is -2.20. The number of aryl methyl sites for hydroxylation is 2. The molecule has 2 aromatic carbocycles. The summed E-state index contributed by atoms with van der Waals surface area (Å²) in [6.07, 6.45) is 0.510. The maximum Gasteiger partial charge on any atom is 0.229 e. The minimum atomic E-state index is 0.150. The van der Waals surface area contributed by atoms with Crippen LogP contribution in [0.25, 0.3) is 10.2 Å². The summed E-state index contributed by atoms with van der Waals surface area (Å²) in [6.45, 7) is 5.81. The van der Waals surface area contributed by atoms with Gasteiger partial charge in [-0.1, -0.05) is 29.5 Å². The summed E-state index contributed by atoms with van der Waals surface area (Å²) in [5.74, 6) is 0.925. The van der Waals surface area contributed by atoms with Crippen molar-refractivity contribution in [2.45, 2.75) is 25.2 Å². The molecule has 0 saturated heterocycles. The van der Waals surface area contributed by atoms with E-state index < -0.39 is 0 Å². The lowest BCUT2D eigenvalue weighted by molar-refractivity contribution is -0.856. The second-order valence-electron chi connectivity index (χ2n) is 7.31. The van der Waals surface area contributed by atoms with Gasteiger partial charge in [0, 0.05) is 17.1 Å². The molecule has 0 unspecified atom stereocenters. The fourth-order valence-corrected chi connectivity index (χ4v) is 4.80. The molecule has 0 aliphatic heterocycles. The van der Waals surface area contributed by atoms with Gasteiger partial charge in [0.2, 0.25) is 5.91 Å². The van der Waals surface area contributed by atoms with Gasteiger partial charge in [0.15, 0.2) is 5.13 Å². The molecule has 0 aliphatic rings. The predicted molar refractivity (Wildman–Crippen MR) is 121 cm³/mol. The molecule has 0 bridgehead atoms. The quantitative estimate of drug-likeness (QED) is 0.573. The molecule has 6 heteroatoms. The number of thiazole rings is 1. The Morgan fingerprint density at radius 2 is 1.86 bits per heavy atom. The van der Waals surface area contributed by atoms with Crippen LogP contribution < -0.4 is 9.80 Å². The van der Waals surface area contributed by atoms with Crippen molar-refractivity contribution in [3.8, 4) is 0 Å². The van der Waals surface area contributed by atoms with Crippen LogP contribution in [0.3, 0.4) is 0 Å². The molecule has 28 heavy (non-hydrogen) atoms. The van der Waals surface area contributed by atoms with Gasteiger partial charge in [-0.25, -0.2) is 4.98 Å². The van der Waals surface area contributed by atoms with E-state index >= 15 is 0 Å². The van der Waals surface area contributed by atoms with Crippen LogP contribution in [-0.2, 0) is 4.79 Å². The van der Waals surface area contributed by atoms with Gasteiger partial charge in [-0.3, -0.25) is 9.69 Å². The highest BCUT2D eigenvalue weighted by Gasteiger charge is 2.20. The van der Waals surface area contributed by atoms with Crippen molar-refractivity contribution in [2.24, 2.45) is 0 Å². The number of hydrogen-bond acceptors (Lipinski definition) is 4. The van der Waals surface area contributed by atoms with Gasteiger partial charge in [0.25, 0.3) is 0 Å². The number of rotatable bonds is 8. The average molecular weight is 415 g/mol. The minimum Gasteiger partial charge on any atom is -0.338 e. The number of likely N-dealkylation sites (N-methyl/N-ethyl adjacent to an activating group) is 1. The third kappa shape index (κ3) is 5.34. The monoisotopic (exact) mass is 414 g/mol.